The molecule has 1 aromatic heterocycles. The molecule has 2 rings (SSSR count). The molecule has 0 radical (unpaired) electrons. The first kappa shape index (κ1) is 19.6. The zero-order chi connectivity index (χ0) is 18.6. The quantitative estimate of drug-likeness (QED) is 0.367. The lowest BCUT2D eigenvalue weighted by Gasteiger charge is -2.12. The van der Waals surface area contributed by atoms with Crippen LogP contribution in [0, 0.1) is 0 Å². The van der Waals surface area contributed by atoms with Crippen LogP contribution < -0.4 is 16.0 Å². The van der Waals surface area contributed by atoms with Gasteiger partial charge in [-0.2, -0.15) is 0 Å². The van der Waals surface area contributed by atoms with Crippen molar-refractivity contribution in [2.45, 2.75) is 32.9 Å². The van der Waals surface area contributed by atoms with E-state index in [4.69, 9.17) is 0 Å². The number of rotatable bonds is 9. The normalized spacial score (nSPS) is 11.2. The van der Waals surface area contributed by atoms with Gasteiger partial charge in [-0.1, -0.05) is 25.5 Å². The molecule has 0 saturated carbocycles. The van der Waals surface area contributed by atoms with E-state index in [9.17, 15) is 4.79 Å². The maximum atomic E-state index is 12.0. The molecule has 0 aliphatic carbocycles. The van der Waals surface area contributed by atoms with Gasteiger partial charge in [-0.05, 0) is 36.2 Å². The number of unbranched alkanes of at least 4 members (excludes halogenated alkanes) is 1. The number of amides is 1. The molecule has 0 atom stereocenters. The second kappa shape index (κ2) is 11.0. The van der Waals surface area contributed by atoms with Crippen LogP contribution in [0.3, 0.4) is 0 Å². The highest BCUT2D eigenvalue weighted by molar-refractivity contribution is 5.94. The van der Waals surface area contributed by atoms with Gasteiger partial charge in [0.25, 0.3) is 5.91 Å². The van der Waals surface area contributed by atoms with Gasteiger partial charge in [0, 0.05) is 51.2 Å². The number of carbonyl (C=O) groups excluding carboxylic acids is 1. The van der Waals surface area contributed by atoms with Crippen molar-refractivity contribution in [1.29, 1.82) is 0 Å². The van der Waals surface area contributed by atoms with Crippen molar-refractivity contribution in [3.63, 3.8) is 0 Å². The lowest BCUT2D eigenvalue weighted by molar-refractivity contribution is 0.0953. The molecule has 0 saturated heterocycles. The number of hydrogen-bond acceptors (Lipinski definition) is 2. The number of benzene rings is 1. The van der Waals surface area contributed by atoms with Gasteiger partial charge < -0.3 is 20.5 Å². The second-order valence-electron chi connectivity index (χ2n) is 6.08. The van der Waals surface area contributed by atoms with Crippen LogP contribution in [0.25, 0.3) is 0 Å². The van der Waals surface area contributed by atoms with Crippen molar-refractivity contribution < 1.29 is 4.79 Å². The van der Waals surface area contributed by atoms with E-state index in [-0.39, 0.29) is 5.91 Å². The van der Waals surface area contributed by atoms with Crippen molar-refractivity contribution in [1.82, 2.24) is 20.5 Å². The highest BCUT2D eigenvalue weighted by atomic mass is 16.1. The van der Waals surface area contributed by atoms with E-state index >= 15 is 0 Å². The molecule has 1 amide bonds. The second-order valence-corrected chi connectivity index (χ2v) is 6.08. The largest absolute Gasteiger partial charge is 0.355 e. The smallest absolute Gasteiger partial charge is 0.251 e. The van der Waals surface area contributed by atoms with Gasteiger partial charge >= 0.3 is 0 Å². The standard InChI is InChI=1S/C20H29N5O/c1-3-4-11-22-19(26)18-9-7-17(8-10-18)16-24-20(21-2)23-12-15-25-13-5-6-14-25/h5-10,13-14H,3-4,11-12,15-16H2,1-2H3,(H,22,26)(H2,21,23,24). The van der Waals surface area contributed by atoms with Crippen molar-refractivity contribution >= 4 is 11.9 Å². The Balaban J connectivity index is 1.74. The molecule has 2 aromatic rings. The number of carbonyl (C=O) groups is 1. The Hall–Kier alpha value is -2.76. The summed E-state index contributed by atoms with van der Waals surface area (Å²) < 4.78 is 2.12. The topological polar surface area (TPSA) is 70.4 Å². The number of hydrogen-bond donors (Lipinski definition) is 3. The predicted molar refractivity (Wildman–Crippen MR) is 106 cm³/mol. The molecular weight excluding hydrogens is 326 g/mol. The molecule has 6 heteroatoms. The van der Waals surface area contributed by atoms with Crippen molar-refractivity contribution in [2.24, 2.45) is 4.99 Å². The number of nitrogens with one attached hydrogen (secondary N) is 3. The molecule has 0 unspecified atom stereocenters. The Morgan fingerprint density at radius 3 is 2.42 bits per heavy atom. The molecule has 3 N–H and O–H groups in total. The molecule has 1 heterocycles. The number of guanidine groups is 1. The molecular formula is C20H29N5O. The molecule has 6 nitrogen and oxygen atoms in total. The summed E-state index contributed by atoms with van der Waals surface area (Å²) in [5, 5.41) is 9.50. The molecule has 26 heavy (non-hydrogen) atoms. The minimum Gasteiger partial charge on any atom is -0.355 e. The fraction of sp³-hybridized carbons (Fsp3) is 0.400. The number of aromatic nitrogens is 1. The van der Waals surface area contributed by atoms with Crippen LogP contribution in [0.15, 0.2) is 53.8 Å². The van der Waals surface area contributed by atoms with E-state index in [1.54, 1.807) is 7.05 Å². The maximum absolute atomic E-state index is 12.0. The zero-order valence-corrected chi connectivity index (χ0v) is 15.7. The fourth-order valence-corrected chi connectivity index (χ4v) is 2.48. The van der Waals surface area contributed by atoms with Gasteiger partial charge in [0.1, 0.15) is 0 Å². The Morgan fingerprint density at radius 2 is 1.77 bits per heavy atom. The van der Waals surface area contributed by atoms with E-state index < -0.39 is 0 Å². The summed E-state index contributed by atoms with van der Waals surface area (Å²) in [6, 6.07) is 11.7. The van der Waals surface area contributed by atoms with Crippen molar-refractivity contribution in [3.8, 4) is 0 Å². The van der Waals surface area contributed by atoms with E-state index in [0.717, 1.165) is 44.0 Å². The lowest BCUT2D eigenvalue weighted by atomic mass is 10.1. The van der Waals surface area contributed by atoms with Crippen LogP contribution in [0.5, 0.6) is 0 Å². The van der Waals surface area contributed by atoms with Crippen molar-refractivity contribution in [2.75, 3.05) is 20.1 Å². The monoisotopic (exact) mass is 355 g/mol. The zero-order valence-electron chi connectivity index (χ0n) is 15.7. The Labute approximate surface area is 155 Å². The van der Waals surface area contributed by atoms with Crippen LogP contribution in [0.1, 0.15) is 35.7 Å². The minimum absolute atomic E-state index is 0.0135. The van der Waals surface area contributed by atoms with Gasteiger partial charge in [-0.25, -0.2) is 0 Å². The third-order valence-corrected chi connectivity index (χ3v) is 4.04. The average molecular weight is 355 g/mol. The summed E-state index contributed by atoms with van der Waals surface area (Å²) in [5.74, 6) is 0.749. The van der Waals surface area contributed by atoms with E-state index in [0.29, 0.717) is 12.1 Å². The summed E-state index contributed by atoms with van der Waals surface area (Å²) in [4.78, 5) is 16.2. The Kier molecular flexibility index (Phi) is 8.26. The molecule has 0 aliphatic heterocycles. The first-order valence-corrected chi connectivity index (χ1v) is 9.15. The van der Waals surface area contributed by atoms with Crippen LogP contribution in [0.4, 0.5) is 0 Å². The summed E-state index contributed by atoms with van der Waals surface area (Å²) in [7, 11) is 1.76. The van der Waals surface area contributed by atoms with Crippen LogP contribution in [-0.2, 0) is 13.1 Å². The highest BCUT2D eigenvalue weighted by Crippen LogP contribution is 2.04. The van der Waals surface area contributed by atoms with Gasteiger partial charge in [0.15, 0.2) is 5.96 Å². The van der Waals surface area contributed by atoms with Gasteiger partial charge in [0.05, 0.1) is 0 Å². The Morgan fingerprint density at radius 1 is 1.04 bits per heavy atom. The number of nitrogens with zero attached hydrogens (tertiary/aromatic N) is 2. The van der Waals surface area contributed by atoms with E-state index in [1.165, 1.54) is 0 Å². The summed E-state index contributed by atoms with van der Waals surface area (Å²) >= 11 is 0. The first-order valence-electron chi connectivity index (χ1n) is 9.15. The first-order chi connectivity index (χ1) is 12.7. The van der Waals surface area contributed by atoms with Crippen LogP contribution in [-0.4, -0.2) is 36.6 Å². The summed E-state index contributed by atoms with van der Waals surface area (Å²) in [6.07, 6.45) is 6.16. The van der Waals surface area contributed by atoms with E-state index in [1.807, 2.05) is 48.8 Å². The maximum Gasteiger partial charge on any atom is 0.251 e. The SMILES string of the molecule is CCCCNC(=O)c1ccc(CNC(=NC)NCCn2cccc2)cc1. The minimum atomic E-state index is -0.0135. The Bertz CT molecular complexity index is 677. The molecule has 0 bridgehead atoms. The molecule has 0 spiro atoms. The van der Waals surface area contributed by atoms with Crippen LogP contribution in [0.2, 0.25) is 0 Å². The average Bonchev–Trinajstić information content (AvgIpc) is 3.18. The fourth-order valence-electron chi connectivity index (χ4n) is 2.48. The summed E-state index contributed by atoms with van der Waals surface area (Å²) in [5.41, 5.74) is 1.79. The summed E-state index contributed by atoms with van der Waals surface area (Å²) in [6.45, 7) is 5.17. The molecule has 140 valence electrons. The van der Waals surface area contributed by atoms with Gasteiger partial charge in [-0.3, -0.25) is 9.79 Å². The van der Waals surface area contributed by atoms with Gasteiger partial charge in [0.2, 0.25) is 0 Å². The van der Waals surface area contributed by atoms with E-state index in [2.05, 4.69) is 32.4 Å². The third-order valence-electron chi connectivity index (χ3n) is 4.04. The predicted octanol–water partition coefficient (Wildman–Crippen LogP) is 2.38. The third kappa shape index (κ3) is 6.63. The van der Waals surface area contributed by atoms with Gasteiger partial charge in [-0.15, -0.1) is 0 Å². The molecule has 0 aliphatic rings. The highest BCUT2D eigenvalue weighted by Gasteiger charge is 2.05. The van der Waals surface area contributed by atoms with Crippen LogP contribution >= 0.6 is 0 Å². The molecule has 0 fully saturated rings. The van der Waals surface area contributed by atoms with Crippen molar-refractivity contribution in [3.05, 3.63) is 59.9 Å². The molecule has 1 aromatic carbocycles. The lowest BCUT2D eigenvalue weighted by Crippen LogP contribution is -2.38. The number of aliphatic imine (C=N–C) groups is 1.